The third-order valence-electron chi connectivity index (χ3n) is 4.90. The fraction of sp³-hybridized carbons (Fsp3) is 0.938. The first-order valence-corrected chi connectivity index (χ1v) is 8.78. The van der Waals surface area contributed by atoms with Gasteiger partial charge in [0.25, 0.3) is 0 Å². The molecule has 2 rings (SSSR count). The molecule has 0 spiro atoms. The summed E-state index contributed by atoms with van der Waals surface area (Å²) in [5.74, 6) is 0. The van der Waals surface area contributed by atoms with Crippen molar-refractivity contribution in [1.29, 1.82) is 0 Å². The van der Waals surface area contributed by atoms with E-state index >= 15 is 0 Å². The Morgan fingerprint density at radius 3 is 1.96 bits per heavy atom. The minimum atomic E-state index is -4.58. The van der Waals surface area contributed by atoms with Crippen molar-refractivity contribution in [1.82, 2.24) is 15.5 Å². The molecule has 1 heterocycles. The SMILES string of the molecule is CC(C)N1CCC(NC(=O)NC2CCC(OC(F)(F)F)CC2)CC1. The van der Waals surface area contributed by atoms with Crippen molar-refractivity contribution in [3.63, 3.8) is 0 Å². The van der Waals surface area contributed by atoms with Crippen LogP contribution in [0.4, 0.5) is 18.0 Å². The number of urea groups is 1. The quantitative estimate of drug-likeness (QED) is 0.819. The van der Waals surface area contributed by atoms with E-state index in [9.17, 15) is 18.0 Å². The molecule has 0 aromatic heterocycles. The lowest BCUT2D eigenvalue weighted by molar-refractivity contribution is -0.345. The molecular formula is C16H28F3N3O2. The predicted molar refractivity (Wildman–Crippen MR) is 84.6 cm³/mol. The number of likely N-dealkylation sites (tertiary alicyclic amines) is 1. The molecule has 8 heteroatoms. The Hall–Kier alpha value is -1.02. The van der Waals surface area contributed by atoms with Crippen LogP contribution in [0.2, 0.25) is 0 Å². The van der Waals surface area contributed by atoms with Crippen molar-refractivity contribution in [2.24, 2.45) is 0 Å². The molecule has 0 aromatic carbocycles. The fourth-order valence-electron chi connectivity index (χ4n) is 3.49. The van der Waals surface area contributed by atoms with Gasteiger partial charge in [-0.25, -0.2) is 4.79 Å². The fourth-order valence-corrected chi connectivity index (χ4v) is 3.49. The van der Waals surface area contributed by atoms with E-state index in [0.717, 1.165) is 25.9 Å². The van der Waals surface area contributed by atoms with Crippen molar-refractivity contribution in [3.05, 3.63) is 0 Å². The summed E-state index contributed by atoms with van der Waals surface area (Å²) in [4.78, 5) is 14.4. The zero-order valence-electron chi connectivity index (χ0n) is 14.4. The molecule has 5 nitrogen and oxygen atoms in total. The summed E-state index contributed by atoms with van der Waals surface area (Å²) >= 11 is 0. The van der Waals surface area contributed by atoms with Crippen molar-refractivity contribution < 1.29 is 22.7 Å². The smallest absolute Gasteiger partial charge is 0.335 e. The number of carbonyl (C=O) groups excluding carboxylic acids is 1. The van der Waals surface area contributed by atoms with Gasteiger partial charge in [-0.05, 0) is 52.4 Å². The summed E-state index contributed by atoms with van der Waals surface area (Å²) in [5.41, 5.74) is 0. The molecule has 1 aliphatic carbocycles. The minimum absolute atomic E-state index is 0.0752. The summed E-state index contributed by atoms with van der Waals surface area (Å²) in [6.45, 7) is 6.28. The number of rotatable bonds is 4. The molecule has 2 fully saturated rings. The number of carbonyl (C=O) groups is 1. The molecule has 0 unspecified atom stereocenters. The van der Waals surface area contributed by atoms with E-state index in [4.69, 9.17) is 0 Å². The molecule has 24 heavy (non-hydrogen) atoms. The van der Waals surface area contributed by atoms with Gasteiger partial charge in [0.15, 0.2) is 0 Å². The number of ether oxygens (including phenoxy) is 1. The number of halogens is 3. The maximum Gasteiger partial charge on any atom is 0.522 e. The van der Waals surface area contributed by atoms with Crippen molar-refractivity contribution >= 4 is 6.03 Å². The normalized spacial score (nSPS) is 27.2. The highest BCUT2D eigenvalue weighted by molar-refractivity contribution is 5.74. The maximum atomic E-state index is 12.2. The third kappa shape index (κ3) is 6.47. The van der Waals surface area contributed by atoms with Gasteiger partial charge in [-0.2, -0.15) is 0 Å². The van der Waals surface area contributed by atoms with E-state index in [0.29, 0.717) is 31.7 Å². The van der Waals surface area contributed by atoms with E-state index in [1.807, 2.05) is 0 Å². The Kier molecular flexibility index (Phi) is 6.74. The summed E-state index contributed by atoms with van der Waals surface area (Å²) in [6.07, 6.45) is -1.84. The van der Waals surface area contributed by atoms with Gasteiger partial charge < -0.3 is 15.5 Å². The highest BCUT2D eigenvalue weighted by Crippen LogP contribution is 2.28. The second-order valence-electron chi connectivity index (χ2n) is 7.06. The standard InChI is InChI=1S/C16H28F3N3O2/c1-11(2)22-9-7-13(8-10-22)21-15(23)20-12-3-5-14(6-4-12)24-16(17,18)19/h11-14H,3-10H2,1-2H3,(H2,20,21,23). The first-order valence-electron chi connectivity index (χ1n) is 8.78. The number of nitrogens with zero attached hydrogens (tertiary/aromatic N) is 1. The number of amides is 2. The Morgan fingerprint density at radius 2 is 1.50 bits per heavy atom. The lowest BCUT2D eigenvalue weighted by Gasteiger charge is -2.35. The highest BCUT2D eigenvalue weighted by Gasteiger charge is 2.35. The molecular weight excluding hydrogens is 323 g/mol. The molecule has 2 aliphatic rings. The van der Waals surface area contributed by atoms with E-state index < -0.39 is 12.5 Å². The maximum absolute atomic E-state index is 12.2. The molecule has 140 valence electrons. The summed E-state index contributed by atoms with van der Waals surface area (Å²) in [6, 6.07) is 0.408. The van der Waals surface area contributed by atoms with Crippen LogP contribution in [0.5, 0.6) is 0 Å². The van der Waals surface area contributed by atoms with Crippen LogP contribution >= 0.6 is 0 Å². The Bertz CT molecular complexity index is 402. The van der Waals surface area contributed by atoms with Crippen LogP contribution in [-0.2, 0) is 4.74 Å². The summed E-state index contributed by atoms with van der Waals surface area (Å²) in [5, 5.41) is 5.87. The van der Waals surface area contributed by atoms with Crippen molar-refractivity contribution in [2.45, 2.75) is 83.0 Å². The van der Waals surface area contributed by atoms with Crippen LogP contribution < -0.4 is 10.6 Å². The van der Waals surface area contributed by atoms with Gasteiger partial charge in [0.2, 0.25) is 0 Å². The first kappa shape index (κ1) is 19.3. The number of hydrogen-bond acceptors (Lipinski definition) is 3. The largest absolute Gasteiger partial charge is 0.522 e. The van der Waals surface area contributed by atoms with Crippen molar-refractivity contribution in [2.75, 3.05) is 13.1 Å². The topological polar surface area (TPSA) is 53.6 Å². The zero-order valence-corrected chi connectivity index (χ0v) is 14.4. The molecule has 0 radical (unpaired) electrons. The molecule has 2 amide bonds. The van der Waals surface area contributed by atoms with Gasteiger partial charge in [0.1, 0.15) is 0 Å². The molecule has 0 atom stereocenters. The number of piperidine rings is 1. The number of alkyl halides is 3. The lowest BCUT2D eigenvalue weighted by atomic mass is 9.93. The van der Waals surface area contributed by atoms with Crippen LogP contribution in [0, 0.1) is 0 Å². The monoisotopic (exact) mass is 351 g/mol. The average Bonchev–Trinajstić information content (AvgIpc) is 2.48. The van der Waals surface area contributed by atoms with Crippen LogP contribution in [-0.4, -0.2) is 54.6 Å². The van der Waals surface area contributed by atoms with E-state index in [2.05, 4.69) is 34.1 Å². The Labute approximate surface area is 141 Å². The van der Waals surface area contributed by atoms with Gasteiger partial charge in [-0.15, -0.1) is 13.2 Å². The Balaban J connectivity index is 1.64. The van der Waals surface area contributed by atoms with Crippen LogP contribution in [0.3, 0.4) is 0 Å². The van der Waals surface area contributed by atoms with Gasteiger partial charge in [0, 0.05) is 31.2 Å². The van der Waals surface area contributed by atoms with Gasteiger partial charge in [-0.1, -0.05) is 0 Å². The van der Waals surface area contributed by atoms with E-state index in [1.165, 1.54) is 0 Å². The zero-order chi connectivity index (χ0) is 17.7. The van der Waals surface area contributed by atoms with E-state index in [1.54, 1.807) is 0 Å². The lowest BCUT2D eigenvalue weighted by Crippen LogP contribution is -2.51. The van der Waals surface area contributed by atoms with E-state index in [-0.39, 0.29) is 18.1 Å². The average molecular weight is 351 g/mol. The molecule has 1 saturated carbocycles. The Morgan fingerprint density at radius 1 is 1.00 bits per heavy atom. The second kappa shape index (κ2) is 8.38. The molecule has 0 bridgehead atoms. The van der Waals surface area contributed by atoms with Gasteiger partial charge >= 0.3 is 12.4 Å². The third-order valence-corrected chi connectivity index (χ3v) is 4.90. The molecule has 0 aromatic rings. The predicted octanol–water partition coefficient (Wildman–Crippen LogP) is 3.01. The summed E-state index contributed by atoms with van der Waals surface area (Å²) < 4.78 is 40.6. The van der Waals surface area contributed by atoms with Crippen LogP contribution in [0.15, 0.2) is 0 Å². The summed E-state index contributed by atoms with van der Waals surface area (Å²) in [7, 11) is 0. The highest BCUT2D eigenvalue weighted by atomic mass is 19.4. The second-order valence-corrected chi connectivity index (χ2v) is 7.06. The minimum Gasteiger partial charge on any atom is -0.335 e. The first-order chi connectivity index (χ1) is 11.2. The molecule has 1 saturated heterocycles. The van der Waals surface area contributed by atoms with Crippen molar-refractivity contribution in [3.8, 4) is 0 Å². The molecule has 1 aliphatic heterocycles. The van der Waals surface area contributed by atoms with Gasteiger partial charge in [0.05, 0.1) is 6.10 Å². The number of hydrogen-bond donors (Lipinski definition) is 2. The van der Waals surface area contributed by atoms with Gasteiger partial charge in [-0.3, -0.25) is 4.74 Å². The number of nitrogens with one attached hydrogen (secondary N) is 2. The van der Waals surface area contributed by atoms with Crippen LogP contribution in [0.25, 0.3) is 0 Å². The molecule has 2 N–H and O–H groups in total. The van der Waals surface area contributed by atoms with Crippen LogP contribution in [0.1, 0.15) is 52.4 Å².